The van der Waals surface area contributed by atoms with Crippen molar-refractivity contribution in [1.82, 2.24) is 5.32 Å². The highest BCUT2D eigenvalue weighted by Gasteiger charge is 1.95. The second kappa shape index (κ2) is 7.80. The van der Waals surface area contributed by atoms with Gasteiger partial charge in [0.25, 0.3) is 0 Å². The molecule has 0 heterocycles. The molecule has 1 nitrogen and oxygen atoms in total. The number of nitrogens with one attached hydrogen (secondary N) is 1. The Hall–Kier alpha value is -0.300. The quantitative estimate of drug-likeness (QED) is 0.440. The summed E-state index contributed by atoms with van der Waals surface area (Å²) in [5, 5.41) is 3.24. The van der Waals surface area contributed by atoms with Gasteiger partial charge in [-0.1, -0.05) is 18.9 Å². The first-order chi connectivity index (χ1) is 5.31. The molecule has 0 rings (SSSR count). The Bertz CT molecular complexity index is 88.9. The van der Waals surface area contributed by atoms with Gasteiger partial charge in [0.2, 0.25) is 0 Å². The highest BCUT2D eigenvalue weighted by molar-refractivity contribution is 4.66. The van der Waals surface area contributed by atoms with Crippen molar-refractivity contribution in [3.05, 3.63) is 12.7 Å². The van der Waals surface area contributed by atoms with Crippen molar-refractivity contribution in [1.29, 1.82) is 0 Å². The van der Waals surface area contributed by atoms with Crippen LogP contribution in [-0.2, 0) is 0 Å². The SMILES string of the molecule is C=CCCCCCC(C)NC. The van der Waals surface area contributed by atoms with Crippen molar-refractivity contribution >= 4 is 0 Å². The second-order valence-corrected chi connectivity index (χ2v) is 3.12. The van der Waals surface area contributed by atoms with E-state index in [1.807, 2.05) is 13.1 Å². The van der Waals surface area contributed by atoms with E-state index in [4.69, 9.17) is 0 Å². The van der Waals surface area contributed by atoms with E-state index in [9.17, 15) is 0 Å². The zero-order chi connectivity index (χ0) is 8.53. The first-order valence-electron chi connectivity index (χ1n) is 4.59. The van der Waals surface area contributed by atoms with Gasteiger partial charge in [0, 0.05) is 6.04 Å². The highest BCUT2D eigenvalue weighted by atomic mass is 14.8. The first-order valence-corrected chi connectivity index (χ1v) is 4.59. The average molecular weight is 155 g/mol. The minimum Gasteiger partial charge on any atom is -0.317 e. The molecule has 0 aliphatic rings. The fourth-order valence-corrected chi connectivity index (χ4v) is 1.06. The van der Waals surface area contributed by atoms with Crippen LogP contribution in [0.1, 0.15) is 39.0 Å². The van der Waals surface area contributed by atoms with Gasteiger partial charge in [-0.25, -0.2) is 0 Å². The van der Waals surface area contributed by atoms with Crippen molar-refractivity contribution < 1.29 is 0 Å². The summed E-state index contributed by atoms with van der Waals surface area (Å²) < 4.78 is 0. The zero-order valence-corrected chi connectivity index (χ0v) is 7.90. The van der Waals surface area contributed by atoms with Crippen LogP contribution in [0.15, 0.2) is 12.7 Å². The monoisotopic (exact) mass is 155 g/mol. The number of hydrogen-bond donors (Lipinski definition) is 1. The molecule has 1 heteroatoms. The second-order valence-electron chi connectivity index (χ2n) is 3.12. The summed E-state index contributed by atoms with van der Waals surface area (Å²) in [6, 6.07) is 0.679. The van der Waals surface area contributed by atoms with E-state index in [0.29, 0.717) is 6.04 Å². The van der Waals surface area contributed by atoms with Gasteiger partial charge < -0.3 is 5.32 Å². The highest BCUT2D eigenvalue weighted by Crippen LogP contribution is 2.05. The Kier molecular flexibility index (Phi) is 7.59. The summed E-state index contributed by atoms with van der Waals surface area (Å²) >= 11 is 0. The van der Waals surface area contributed by atoms with Crippen LogP contribution in [-0.4, -0.2) is 13.1 Å². The van der Waals surface area contributed by atoms with Gasteiger partial charge in [-0.2, -0.15) is 0 Å². The van der Waals surface area contributed by atoms with Gasteiger partial charge in [-0.05, 0) is 33.2 Å². The van der Waals surface area contributed by atoms with Crippen LogP contribution in [0.25, 0.3) is 0 Å². The Morgan fingerprint density at radius 1 is 1.36 bits per heavy atom. The smallest absolute Gasteiger partial charge is 0.00357 e. The van der Waals surface area contributed by atoms with E-state index in [0.717, 1.165) is 0 Å². The predicted octanol–water partition coefficient (Wildman–Crippen LogP) is 2.73. The topological polar surface area (TPSA) is 12.0 Å². The fourth-order valence-electron chi connectivity index (χ4n) is 1.06. The van der Waals surface area contributed by atoms with Crippen molar-refractivity contribution in [2.75, 3.05) is 7.05 Å². The van der Waals surface area contributed by atoms with Gasteiger partial charge in [0.05, 0.1) is 0 Å². The molecule has 0 amide bonds. The molecule has 1 atom stereocenters. The summed E-state index contributed by atoms with van der Waals surface area (Å²) in [5.41, 5.74) is 0. The first kappa shape index (κ1) is 10.7. The Morgan fingerprint density at radius 3 is 2.64 bits per heavy atom. The molecule has 0 bridgehead atoms. The molecule has 0 aliphatic heterocycles. The summed E-state index contributed by atoms with van der Waals surface area (Å²) in [4.78, 5) is 0. The summed E-state index contributed by atoms with van der Waals surface area (Å²) in [7, 11) is 2.02. The zero-order valence-electron chi connectivity index (χ0n) is 7.90. The van der Waals surface area contributed by atoms with Gasteiger partial charge >= 0.3 is 0 Å². The minimum absolute atomic E-state index is 0.679. The molecular formula is C10H21N. The van der Waals surface area contributed by atoms with Crippen LogP contribution < -0.4 is 5.32 Å². The molecule has 0 aliphatic carbocycles. The molecule has 0 aromatic rings. The lowest BCUT2D eigenvalue weighted by Crippen LogP contribution is -2.20. The molecular weight excluding hydrogens is 134 g/mol. The van der Waals surface area contributed by atoms with Gasteiger partial charge in [0.15, 0.2) is 0 Å². The van der Waals surface area contributed by atoms with E-state index in [-0.39, 0.29) is 0 Å². The molecule has 1 N–H and O–H groups in total. The van der Waals surface area contributed by atoms with Crippen molar-refractivity contribution in [3.8, 4) is 0 Å². The van der Waals surface area contributed by atoms with Crippen LogP contribution in [0.5, 0.6) is 0 Å². The van der Waals surface area contributed by atoms with E-state index in [2.05, 4.69) is 18.8 Å². The fraction of sp³-hybridized carbons (Fsp3) is 0.800. The van der Waals surface area contributed by atoms with E-state index in [1.54, 1.807) is 0 Å². The third kappa shape index (κ3) is 7.60. The molecule has 0 aromatic heterocycles. The molecule has 0 aromatic carbocycles. The molecule has 66 valence electrons. The Labute approximate surface area is 70.9 Å². The van der Waals surface area contributed by atoms with E-state index < -0.39 is 0 Å². The molecule has 0 radical (unpaired) electrons. The maximum atomic E-state index is 3.70. The summed E-state index contributed by atoms with van der Waals surface area (Å²) in [5.74, 6) is 0. The third-order valence-corrected chi connectivity index (χ3v) is 2.04. The largest absolute Gasteiger partial charge is 0.317 e. The van der Waals surface area contributed by atoms with Crippen molar-refractivity contribution in [3.63, 3.8) is 0 Å². The predicted molar refractivity (Wildman–Crippen MR) is 51.8 cm³/mol. The maximum Gasteiger partial charge on any atom is 0.00357 e. The third-order valence-electron chi connectivity index (χ3n) is 2.04. The average Bonchev–Trinajstić information content (AvgIpc) is 2.04. The molecule has 0 saturated carbocycles. The standard InChI is InChI=1S/C10H21N/c1-4-5-6-7-8-9-10(2)11-3/h4,10-11H,1,5-9H2,2-3H3. The van der Waals surface area contributed by atoms with Crippen molar-refractivity contribution in [2.24, 2.45) is 0 Å². The lowest BCUT2D eigenvalue weighted by molar-refractivity contribution is 0.521. The molecule has 0 spiro atoms. The van der Waals surface area contributed by atoms with Crippen molar-refractivity contribution in [2.45, 2.75) is 45.1 Å². The number of allylic oxidation sites excluding steroid dienone is 1. The van der Waals surface area contributed by atoms with Gasteiger partial charge in [-0.15, -0.1) is 6.58 Å². The van der Waals surface area contributed by atoms with Gasteiger partial charge in [-0.3, -0.25) is 0 Å². The minimum atomic E-state index is 0.679. The molecule has 0 saturated heterocycles. The Balaban J connectivity index is 2.95. The van der Waals surface area contributed by atoms with Crippen LogP contribution in [0.3, 0.4) is 0 Å². The number of rotatable bonds is 7. The van der Waals surface area contributed by atoms with Crippen LogP contribution in [0.2, 0.25) is 0 Å². The van der Waals surface area contributed by atoms with Gasteiger partial charge in [0.1, 0.15) is 0 Å². The maximum absolute atomic E-state index is 3.70. The molecule has 0 fully saturated rings. The lowest BCUT2D eigenvalue weighted by atomic mass is 10.1. The van der Waals surface area contributed by atoms with E-state index >= 15 is 0 Å². The van der Waals surface area contributed by atoms with Crippen LogP contribution in [0, 0.1) is 0 Å². The molecule has 1 unspecified atom stereocenters. The number of unbranched alkanes of at least 4 members (excludes halogenated alkanes) is 3. The number of hydrogen-bond acceptors (Lipinski definition) is 1. The van der Waals surface area contributed by atoms with Crippen LogP contribution >= 0.6 is 0 Å². The van der Waals surface area contributed by atoms with E-state index in [1.165, 1.54) is 32.1 Å². The molecule has 11 heavy (non-hydrogen) atoms. The van der Waals surface area contributed by atoms with Crippen LogP contribution in [0.4, 0.5) is 0 Å². The Morgan fingerprint density at radius 2 is 2.09 bits per heavy atom. The summed E-state index contributed by atoms with van der Waals surface area (Å²) in [6.45, 7) is 5.93. The summed E-state index contributed by atoms with van der Waals surface area (Å²) in [6.07, 6.45) is 8.47. The lowest BCUT2D eigenvalue weighted by Gasteiger charge is -2.08. The normalized spacial score (nSPS) is 12.9.